The lowest BCUT2D eigenvalue weighted by Gasteiger charge is -2.42. The molecule has 4 aromatic rings. The van der Waals surface area contributed by atoms with E-state index in [1.807, 2.05) is 4.90 Å². The number of hydrogen-bond donors (Lipinski definition) is 1. The number of aryl methyl sites for hydroxylation is 1. The van der Waals surface area contributed by atoms with Gasteiger partial charge in [0.05, 0.1) is 28.8 Å². The maximum atomic E-state index is 17.2. The lowest BCUT2D eigenvalue weighted by molar-refractivity contribution is -0.375. The van der Waals surface area contributed by atoms with E-state index in [2.05, 4.69) is 28.0 Å². The predicted molar refractivity (Wildman–Crippen MR) is 193 cm³/mol. The van der Waals surface area contributed by atoms with Crippen molar-refractivity contribution < 1.29 is 44.6 Å². The van der Waals surface area contributed by atoms with E-state index in [-0.39, 0.29) is 54.8 Å². The third kappa shape index (κ3) is 6.12. The normalized spacial score (nSPS) is 24.3. The zero-order valence-corrected chi connectivity index (χ0v) is 30.8. The van der Waals surface area contributed by atoms with Crippen LogP contribution < -0.4 is 15.0 Å². The second-order valence-corrected chi connectivity index (χ2v) is 15.4. The minimum Gasteiger partial charge on any atom is -0.461 e. The molecule has 4 aliphatic rings. The first-order chi connectivity index (χ1) is 26.6. The standard InChI is InChI=1S/C40H40F8N6O2/c1-4-24-26(41)11-10-22-8-6-9-25(30(22)24)33-32(42)34-31-28(50-33)12-13-29-27(5-2)49-17-19-53(29)35(31)52-36(51-34)55-21-38-15-7-18-54(38)23(14-16-38)20-56-37(3,39(43,44)45)40(46,47)48/h1,6,8-11,23,27,29,49H,5,7,12-21H2,2-3H3/t23-,27-,29+,38-/m0/s1. The van der Waals surface area contributed by atoms with Gasteiger partial charge in [-0.2, -0.15) is 36.3 Å². The number of nitrogens with one attached hydrogen (secondary N) is 1. The first kappa shape index (κ1) is 38.5. The van der Waals surface area contributed by atoms with E-state index in [9.17, 15) is 26.3 Å². The van der Waals surface area contributed by atoms with Crippen molar-refractivity contribution in [2.24, 2.45) is 0 Å². The second-order valence-electron chi connectivity index (χ2n) is 15.4. The average Bonchev–Trinajstić information content (AvgIpc) is 3.69. The summed E-state index contributed by atoms with van der Waals surface area (Å²) >= 11 is 0. The lowest BCUT2D eigenvalue weighted by atomic mass is 9.95. The summed E-state index contributed by atoms with van der Waals surface area (Å²) < 4.78 is 125. The number of alkyl halides is 6. The summed E-state index contributed by atoms with van der Waals surface area (Å²) in [5, 5.41) is 4.96. The van der Waals surface area contributed by atoms with E-state index < -0.39 is 47.8 Å². The highest BCUT2D eigenvalue weighted by atomic mass is 19.4. The molecule has 0 radical (unpaired) electrons. The van der Waals surface area contributed by atoms with Crippen LogP contribution >= 0.6 is 0 Å². The molecule has 4 aliphatic heterocycles. The highest BCUT2D eigenvalue weighted by Gasteiger charge is 2.69. The molecule has 1 N–H and O–H groups in total. The number of ether oxygens (including phenoxy) is 2. The summed E-state index contributed by atoms with van der Waals surface area (Å²) in [5.41, 5.74) is -4.29. The summed E-state index contributed by atoms with van der Waals surface area (Å²) in [4.78, 5) is 18.4. The van der Waals surface area contributed by atoms with E-state index in [0.717, 1.165) is 6.42 Å². The minimum atomic E-state index is -5.67. The van der Waals surface area contributed by atoms with Crippen LogP contribution in [0.1, 0.15) is 63.6 Å². The Morgan fingerprint density at radius 3 is 2.50 bits per heavy atom. The van der Waals surface area contributed by atoms with Gasteiger partial charge >= 0.3 is 18.4 Å². The van der Waals surface area contributed by atoms with Crippen LogP contribution in [0.2, 0.25) is 0 Å². The summed E-state index contributed by atoms with van der Waals surface area (Å²) in [6.45, 7) is 2.93. The maximum absolute atomic E-state index is 17.2. The molecule has 16 heteroatoms. The molecule has 8 nitrogen and oxygen atoms in total. The molecule has 0 saturated carbocycles. The quantitative estimate of drug-likeness (QED) is 0.143. The molecule has 0 bridgehead atoms. The minimum absolute atomic E-state index is 0.0117. The third-order valence-electron chi connectivity index (χ3n) is 12.4. The molecule has 2 aromatic heterocycles. The van der Waals surface area contributed by atoms with Crippen LogP contribution in [-0.2, 0) is 11.2 Å². The molecule has 6 heterocycles. The predicted octanol–water partition coefficient (Wildman–Crippen LogP) is 7.88. The third-order valence-corrected chi connectivity index (χ3v) is 12.4. The van der Waals surface area contributed by atoms with Gasteiger partial charge in [0, 0.05) is 42.2 Å². The van der Waals surface area contributed by atoms with Crippen molar-refractivity contribution in [3.05, 3.63) is 53.2 Å². The van der Waals surface area contributed by atoms with Crippen molar-refractivity contribution in [1.82, 2.24) is 25.2 Å². The molecule has 0 unspecified atom stereocenters. The van der Waals surface area contributed by atoms with Crippen LogP contribution in [0.4, 0.5) is 40.9 Å². The average molecular weight is 789 g/mol. The van der Waals surface area contributed by atoms with Gasteiger partial charge in [-0.05, 0) is 69.9 Å². The SMILES string of the molecule is C#Cc1c(F)ccc2cccc(-c3nc4c5c(nc(OC[C@@]67CCCN6[C@H](COC(C)(C(F)(F)F)C(F)(F)F)CC7)nc5c3F)N3CCN[C@@H](CC)[C@H]3CC4)c12. The van der Waals surface area contributed by atoms with E-state index in [0.29, 0.717) is 85.0 Å². The zero-order chi connectivity index (χ0) is 39.8. The van der Waals surface area contributed by atoms with Crippen molar-refractivity contribution in [2.45, 2.75) is 100 Å². The molecule has 2 aromatic carbocycles. The van der Waals surface area contributed by atoms with Crippen molar-refractivity contribution in [3.8, 4) is 29.6 Å². The largest absolute Gasteiger partial charge is 0.461 e. The van der Waals surface area contributed by atoms with Crippen LogP contribution in [-0.4, -0.2) is 94.3 Å². The molecule has 4 atom stereocenters. The van der Waals surface area contributed by atoms with Crippen LogP contribution in [0.25, 0.3) is 32.9 Å². The summed E-state index contributed by atoms with van der Waals surface area (Å²) in [6, 6.07) is 7.20. The number of halogens is 8. The molecular formula is C40H40F8N6O2. The van der Waals surface area contributed by atoms with Gasteiger partial charge < -0.3 is 19.7 Å². The zero-order valence-electron chi connectivity index (χ0n) is 30.8. The van der Waals surface area contributed by atoms with Crippen molar-refractivity contribution in [1.29, 1.82) is 0 Å². The summed E-state index contributed by atoms with van der Waals surface area (Å²) in [6.07, 6.45) is -1.67. The molecule has 3 fully saturated rings. The molecule has 0 amide bonds. The first-order valence-corrected chi connectivity index (χ1v) is 18.9. The van der Waals surface area contributed by atoms with Gasteiger partial charge in [-0.15, -0.1) is 6.42 Å². The van der Waals surface area contributed by atoms with E-state index >= 15 is 8.78 Å². The number of hydrogen-bond acceptors (Lipinski definition) is 8. The van der Waals surface area contributed by atoms with Gasteiger partial charge in [0.15, 0.2) is 5.82 Å². The van der Waals surface area contributed by atoms with Gasteiger partial charge in [0.1, 0.15) is 29.5 Å². The smallest absolute Gasteiger partial charge is 0.426 e. The van der Waals surface area contributed by atoms with E-state index in [1.165, 1.54) is 6.07 Å². The maximum Gasteiger partial charge on any atom is 0.426 e. The van der Waals surface area contributed by atoms with Gasteiger partial charge in [-0.3, -0.25) is 4.90 Å². The number of benzene rings is 2. The molecule has 0 spiro atoms. The Balaban J connectivity index is 1.18. The van der Waals surface area contributed by atoms with Crippen LogP contribution in [0, 0.1) is 24.0 Å². The number of fused-ring (bicyclic) bond motifs is 4. The highest BCUT2D eigenvalue weighted by Crippen LogP contribution is 2.48. The van der Waals surface area contributed by atoms with Crippen molar-refractivity contribution >= 4 is 27.5 Å². The fourth-order valence-electron chi connectivity index (χ4n) is 9.32. The molecule has 8 rings (SSSR count). The Morgan fingerprint density at radius 1 is 0.982 bits per heavy atom. The highest BCUT2D eigenvalue weighted by molar-refractivity contribution is 6.02. The number of nitrogens with zero attached hydrogens (tertiary/aromatic N) is 5. The first-order valence-electron chi connectivity index (χ1n) is 18.9. The Kier molecular flexibility index (Phi) is 9.60. The molecule has 298 valence electrons. The lowest BCUT2D eigenvalue weighted by Crippen LogP contribution is -2.58. The number of terminal acetylenes is 1. The Labute approximate surface area is 318 Å². The Morgan fingerprint density at radius 2 is 1.77 bits per heavy atom. The van der Waals surface area contributed by atoms with Crippen LogP contribution in [0.15, 0.2) is 30.3 Å². The number of piperazine rings is 1. The number of pyridine rings is 1. The summed E-state index contributed by atoms with van der Waals surface area (Å²) in [5.74, 6) is 1.48. The van der Waals surface area contributed by atoms with Gasteiger partial charge in [0.2, 0.25) is 0 Å². The van der Waals surface area contributed by atoms with Crippen molar-refractivity contribution in [2.75, 3.05) is 37.7 Å². The number of anilines is 1. The van der Waals surface area contributed by atoms with E-state index in [4.69, 9.17) is 25.9 Å². The van der Waals surface area contributed by atoms with Gasteiger partial charge in [-0.25, -0.2) is 13.8 Å². The Hall–Kier alpha value is -4.33. The topological polar surface area (TPSA) is 75.6 Å². The Bertz CT molecular complexity index is 2210. The molecule has 3 saturated heterocycles. The fraction of sp³-hybridized carbons (Fsp3) is 0.525. The number of rotatable bonds is 8. The summed E-state index contributed by atoms with van der Waals surface area (Å²) in [7, 11) is 0. The van der Waals surface area contributed by atoms with Gasteiger partial charge in [0.25, 0.3) is 5.60 Å². The monoisotopic (exact) mass is 788 g/mol. The van der Waals surface area contributed by atoms with Crippen molar-refractivity contribution in [3.63, 3.8) is 0 Å². The number of aromatic nitrogens is 3. The van der Waals surface area contributed by atoms with Crippen LogP contribution in [0.3, 0.4) is 0 Å². The van der Waals surface area contributed by atoms with Gasteiger partial charge in [-0.1, -0.05) is 37.1 Å². The molecular weight excluding hydrogens is 748 g/mol. The van der Waals surface area contributed by atoms with Crippen LogP contribution in [0.5, 0.6) is 6.01 Å². The molecule has 56 heavy (non-hydrogen) atoms. The second kappa shape index (κ2) is 13.9. The fourth-order valence-corrected chi connectivity index (χ4v) is 9.32. The van der Waals surface area contributed by atoms with E-state index in [1.54, 1.807) is 24.3 Å². The molecule has 0 aliphatic carbocycles.